The number of nitrogens with one attached hydrogen (secondary N) is 2. The van der Waals surface area contributed by atoms with Gasteiger partial charge in [-0.25, -0.2) is 4.79 Å². The lowest BCUT2D eigenvalue weighted by Crippen LogP contribution is -2.51. The maximum absolute atomic E-state index is 12.3. The van der Waals surface area contributed by atoms with Crippen LogP contribution in [0.3, 0.4) is 0 Å². The molecular formula is C28H30N4O2. The van der Waals surface area contributed by atoms with Crippen LogP contribution in [0.4, 0.5) is 4.79 Å². The van der Waals surface area contributed by atoms with Crippen molar-refractivity contribution in [3.63, 3.8) is 0 Å². The molecule has 2 atom stereocenters. The lowest BCUT2D eigenvalue weighted by molar-refractivity contribution is 0.167. The molecule has 34 heavy (non-hydrogen) atoms. The number of rotatable bonds is 6. The van der Waals surface area contributed by atoms with Crippen LogP contribution in [0.15, 0.2) is 72.8 Å². The summed E-state index contributed by atoms with van der Waals surface area (Å²) >= 11 is 0. The molecule has 0 spiro atoms. The SMILES string of the molecule is CNC(=O)N1CC[C@H](NCc2cc(-c3ccc(C#N)cc3)ccc2OC)[C@H](c2ccccc2)C1. The number of carbonyl (C=O) groups is 1. The number of amides is 2. The van der Waals surface area contributed by atoms with E-state index in [1.165, 1.54) is 5.56 Å². The Morgan fingerprint density at radius 1 is 1.09 bits per heavy atom. The Morgan fingerprint density at radius 3 is 2.50 bits per heavy atom. The largest absolute Gasteiger partial charge is 0.496 e. The molecule has 0 aromatic heterocycles. The number of methoxy groups -OCH3 is 1. The lowest BCUT2D eigenvalue weighted by Gasteiger charge is -2.39. The van der Waals surface area contributed by atoms with Gasteiger partial charge in [-0.05, 0) is 47.4 Å². The number of urea groups is 1. The Balaban J connectivity index is 1.54. The molecule has 1 fully saturated rings. The Hall–Kier alpha value is -3.82. The van der Waals surface area contributed by atoms with E-state index < -0.39 is 0 Å². The van der Waals surface area contributed by atoms with Crippen molar-refractivity contribution in [1.29, 1.82) is 5.26 Å². The Labute approximate surface area is 201 Å². The van der Waals surface area contributed by atoms with Crippen LogP contribution in [-0.2, 0) is 6.54 Å². The molecule has 0 saturated carbocycles. The molecule has 2 N–H and O–H groups in total. The highest BCUT2D eigenvalue weighted by Gasteiger charge is 2.32. The first-order valence-electron chi connectivity index (χ1n) is 11.6. The van der Waals surface area contributed by atoms with Crippen molar-refractivity contribution < 1.29 is 9.53 Å². The molecule has 2 amide bonds. The molecule has 0 unspecified atom stereocenters. The molecule has 1 aliphatic rings. The molecule has 3 aromatic rings. The molecule has 0 radical (unpaired) electrons. The van der Waals surface area contributed by atoms with Crippen molar-refractivity contribution >= 4 is 6.03 Å². The molecule has 6 heteroatoms. The fourth-order valence-electron chi connectivity index (χ4n) is 4.65. The highest BCUT2D eigenvalue weighted by molar-refractivity contribution is 5.74. The van der Waals surface area contributed by atoms with Gasteiger partial charge in [0, 0.05) is 44.2 Å². The third kappa shape index (κ3) is 5.22. The highest BCUT2D eigenvalue weighted by atomic mass is 16.5. The summed E-state index contributed by atoms with van der Waals surface area (Å²) < 4.78 is 5.64. The van der Waals surface area contributed by atoms with Crippen LogP contribution in [0.1, 0.15) is 29.0 Å². The number of benzene rings is 3. The summed E-state index contributed by atoms with van der Waals surface area (Å²) in [5.41, 5.74) is 5.09. The topological polar surface area (TPSA) is 77.4 Å². The van der Waals surface area contributed by atoms with Crippen LogP contribution in [-0.4, -0.2) is 44.2 Å². The molecule has 1 heterocycles. The quantitative estimate of drug-likeness (QED) is 0.574. The Bertz CT molecular complexity index is 1160. The van der Waals surface area contributed by atoms with E-state index >= 15 is 0 Å². The predicted octanol–water partition coefficient (Wildman–Crippen LogP) is 4.52. The average Bonchev–Trinajstić information content (AvgIpc) is 2.91. The van der Waals surface area contributed by atoms with E-state index in [1.807, 2.05) is 47.4 Å². The minimum absolute atomic E-state index is 0.0313. The normalized spacial score (nSPS) is 17.6. The molecule has 0 bridgehead atoms. The Morgan fingerprint density at radius 2 is 1.82 bits per heavy atom. The number of carbonyl (C=O) groups excluding carboxylic acids is 1. The van der Waals surface area contributed by atoms with Gasteiger partial charge in [-0.3, -0.25) is 0 Å². The van der Waals surface area contributed by atoms with Gasteiger partial charge in [0.2, 0.25) is 0 Å². The van der Waals surface area contributed by atoms with Crippen molar-refractivity contribution in [2.24, 2.45) is 0 Å². The van der Waals surface area contributed by atoms with Crippen LogP contribution >= 0.6 is 0 Å². The van der Waals surface area contributed by atoms with Gasteiger partial charge in [0.05, 0.1) is 18.7 Å². The number of hydrogen-bond donors (Lipinski definition) is 2. The van der Waals surface area contributed by atoms with Gasteiger partial charge in [0.25, 0.3) is 0 Å². The van der Waals surface area contributed by atoms with E-state index in [4.69, 9.17) is 10.00 Å². The highest BCUT2D eigenvalue weighted by Crippen LogP contribution is 2.30. The summed E-state index contributed by atoms with van der Waals surface area (Å²) in [5, 5.41) is 15.6. The number of hydrogen-bond acceptors (Lipinski definition) is 4. The van der Waals surface area contributed by atoms with E-state index in [1.54, 1.807) is 14.2 Å². The zero-order valence-electron chi connectivity index (χ0n) is 19.6. The monoisotopic (exact) mass is 454 g/mol. The third-order valence-corrected chi connectivity index (χ3v) is 6.52. The van der Waals surface area contributed by atoms with Crippen molar-refractivity contribution in [2.75, 3.05) is 27.2 Å². The smallest absolute Gasteiger partial charge is 0.317 e. The van der Waals surface area contributed by atoms with Crippen LogP contribution < -0.4 is 15.4 Å². The van der Waals surface area contributed by atoms with Gasteiger partial charge in [-0.2, -0.15) is 5.26 Å². The zero-order chi connectivity index (χ0) is 23.9. The van der Waals surface area contributed by atoms with Crippen LogP contribution in [0.5, 0.6) is 5.75 Å². The fourth-order valence-corrected chi connectivity index (χ4v) is 4.65. The first kappa shape index (κ1) is 23.3. The second-order valence-corrected chi connectivity index (χ2v) is 8.51. The summed E-state index contributed by atoms with van der Waals surface area (Å²) in [6.07, 6.45) is 0.866. The number of ether oxygens (including phenoxy) is 1. The summed E-state index contributed by atoms with van der Waals surface area (Å²) in [5.74, 6) is 1.03. The van der Waals surface area contributed by atoms with Gasteiger partial charge < -0.3 is 20.3 Å². The number of nitrogens with zero attached hydrogens (tertiary/aromatic N) is 2. The van der Waals surface area contributed by atoms with Crippen LogP contribution in [0.2, 0.25) is 0 Å². The van der Waals surface area contributed by atoms with E-state index in [0.29, 0.717) is 25.2 Å². The van der Waals surface area contributed by atoms with E-state index in [2.05, 4.69) is 47.0 Å². The molecule has 1 saturated heterocycles. The third-order valence-electron chi connectivity index (χ3n) is 6.52. The molecule has 174 valence electrons. The lowest BCUT2D eigenvalue weighted by atomic mass is 9.86. The van der Waals surface area contributed by atoms with Crippen molar-refractivity contribution in [3.05, 3.63) is 89.5 Å². The average molecular weight is 455 g/mol. The van der Waals surface area contributed by atoms with Gasteiger partial charge >= 0.3 is 6.03 Å². The second-order valence-electron chi connectivity index (χ2n) is 8.51. The van der Waals surface area contributed by atoms with Gasteiger partial charge in [-0.1, -0.05) is 48.5 Å². The van der Waals surface area contributed by atoms with Crippen molar-refractivity contribution in [1.82, 2.24) is 15.5 Å². The molecule has 4 rings (SSSR count). The summed E-state index contributed by atoms with van der Waals surface area (Å²) in [6.45, 7) is 2.04. The second kappa shape index (κ2) is 10.9. The number of nitriles is 1. The fraction of sp³-hybridized carbons (Fsp3) is 0.286. The minimum atomic E-state index is -0.0313. The summed E-state index contributed by atoms with van der Waals surface area (Å²) in [6, 6.07) is 26.5. The number of piperidine rings is 1. The molecule has 1 aliphatic heterocycles. The standard InChI is InChI=1S/C28H30N4O2/c1-30-28(33)32-15-14-26(25(19-32)22-6-4-3-5-7-22)31-18-24-16-23(12-13-27(24)34-2)21-10-8-20(17-29)9-11-21/h3-13,16,25-26,31H,14-15,18-19H2,1-2H3,(H,30,33)/t25-,26-/m0/s1. The zero-order valence-corrected chi connectivity index (χ0v) is 19.6. The van der Waals surface area contributed by atoms with E-state index in [9.17, 15) is 4.79 Å². The van der Waals surface area contributed by atoms with E-state index in [-0.39, 0.29) is 18.0 Å². The van der Waals surface area contributed by atoms with Crippen molar-refractivity contribution in [3.8, 4) is 22.9 Å². The predicted molar refractivity (Wildman–Crippen MR) is 134 cm³/mol. The summed E-state index contributed by atoms with van der Waals surface area (Å²) in [4.78, 5) is 14.2. The molecule has 3 aromatic carbocycles. The maximum Gasteiger partial charge on any atom is 0.317 e. The van der Waals surface area contributed by atoms with Crippen LogP contribution in [0, 0.1) is 11.3 Å². The van der Waals surface area contributed by atoms with Crippen LogP contribution in [0.25, 0.3) is 11.1 Å². The molecular weight excluding hydrogens is 424 g/mol. The van der Waals surface area contributed by atoms with Crippen molar-refractivity contribution in [2.45, 2.75) is 24.9 Å². The van der Waals surface area contributed by atoms with Gasteiger partial charge in [0.15, 0.2) is 0 Å². The number of likely N-dealkylation sites (tertiary alicyclic amines) is 1. The molecule has 6 nitrogen and oxygen atoms in total. The maximum atomic E-state index is 12.3. The van der Waals surface area contributed by atoms with Gasteiger partial charge in [0.1, 0.15) is 5.75 Å². The first-order valence-corrected chi connectivity index (χ1v) is 11.6. The molecule has 0 aliphatic carbocycles. The van der Waals surface area contributed by atoms with Gasteiger partial charge in [-0.15, -0.1) is 0 Å². The summed E-state index contributed by atoms with van der Waals surface area (Å²) in [7, 11) is 3.37. The van der Waals surface area contributed by atoms with E-state index in [0.717, 1.165) is 28.9 Å². The Kier molecular flexibility index (Phi) is 7.46. The first-order chi connectivity index (χ1) is 16.6. The minimum Gasteiger partial charge on any atom is -0.496 e.